The van der Waals surface area contributed by atoms with E-state index in [-0.39, 0.29) is 11.7 Å². The molecular weight excluding hydrogens is 405 g/mol. The summed E-state index contributed by atoms with van der Waals surface area (Å²) in [5.41, 5.74) is 3.81. The van der Waals surface area contributed by atoms with Gasteiger partial charge in [-0.3, -0.25) is 9.59 Å². The van der Waals surface area contributed by atoms with Gasteiger partial charge in [-0.25, -0.2) is 10.1 Å². The predicted octanol–water partition coefficient (Wildman–Crippen LogP) is 2.85. The topological polar surface area (TPSA) is 102 Å². The fourth-order valence-corrected chi connectivity index (χ4v) is 2.84. The second-order valence-corrected chi connectivity index (χ2v) is 6.38. The van der Waals surface area contributed by atoms with Crippen molar-refractivity contribution in [1.29, 1.82) is 0 Å². The maximum Gasteiger partial charge on any atom is 0.329 e. The third-order valence-electron chi connectivity index (χ3n) is 3.70. The summed E-state index contributed by atoms with van der Waals surface area (Å²) in [6.45, 7) is 1.83. The smallest absolute Gasteiger partial charge is 0.329 e. The molecular formula is C18H15Cl2N5O3. The van der Waals surface area contributed by atoms with Crippen LogP contribution in [0.25, 0.3) is 5.69 Å². The van der Waals surface area contributed by atoms with E-state index < -0.39 is 11.8 Å². The second-order valence-electron chi connectivity index (χ2n) is 5.61. The molecule has 2 N–H and O–H groups in total. The van der Waals surface area contributed by atoms with Crippen molar-refractivity contribution in [3.63, 3.8) is 0 Å². The normalized spacial score (nSPS) is 11.0. The van der Waals surface area contributed by atoms with E-state index in [4.69, 9.17) is 27.6 Å². The summed E-state index contributed by atoms with van der Waals surface area (Å²) in [4.78, 5) is 23.5. The Labute approximate surface area is 170 Å². The van der Waals surface area contributed by atoms with E-state index in [0.29, 0.717) is 27.7 Å². The van der Waals surface area contributed by atoms with E-state index in [1.807, 2.05) is 6.07 Å². The Morgan fingerprint density at radius 2 is 2.00 bits per heavy atom. The summed E-state index contributed by atoms with van der Waals surface area (Å²) >= 11 is 12.5. The Balaban J connectivity index is 1.65. The molecule has 2 heterocycles. The highest BCUT2D eigenvalue weighted by atomic mass is 35.5. The van der Waals surface area contributed by atoms with Crippen LogP contribution >= 0.6 is 23.2 Å². The summed E-state index contributed by atoms with van der Waals surface area (Å²) in [6, 6.07) is 10.5. The molecule has 0 fully saturated rings. The summed E-state index contributed by atoms with van der Waals surface area (Å²) in [6.07, 6.45) is 2.79. The van der Waals surface area contributed by atoms with Crippen LogP contribution in [0, 0.1) is 6.92 Å². The van der Waals surface area contributed by atoms with Crippen LogP contribution in [-0.4, -0.2) is 27.8 Å². The van der Waals surface area contributed by atoms with Gasteiger partial charge in [0.25, 0.3) is 0 Å². The molecule has 0 atom stereocenters. The summed E-state index contributed by atoms with van der Waals surface area (Å²) in [7, 11) is 0. The number of nitrogens with zero attached hydrogens (tertiary/aromatic N) is 3. The van der Waals surface area contributed by atoms with Gasteiger partial charge in [0, 0.05) is 0 Å². The Hall–Kier alpha value is -3.10. The summed E-state index contributed by atoms with van der Waals surface area (Å²) < 4.78 is 6.54. The van der Waals surface area contributed by atoms with Crippen molar-refractivity contribution in [2.45, 2.75) is 13.5 Å². The monoisotopic (exact) mass is 419 g/mol. The van der Waals surface area contributed by atoms with E-state index in [9.17, 15) is 9.59 Å². The molecule has 3 aromatic rings. The lowest BCUT2D eigenvalue weighted by molar-refractivity contribution is -0.139. The molecule has 2 amide bonds. The number of hydrogen-bond donors (Lipinski definition) is 2. The number of benzene rings is 1. The van der Waals surface area contributed by atoms with Gasteiger partial charge in [0.05, 0.1) is 41.0 Å². The summed E-state index contributed by atoms with van der Waals surface area (Å²) in [5.74, 6) is -1.24. The molecule has 144 valence electrons. The second kappa shape index (κ2) is 8.73. The molecule has 3 rings (SSSR count). The number of aryl methyl sites for hydroxylation is 1. The number of halogens is 2. The highest BCUT2D eigenvalue weighted by molar-refractivity contribution is 6.35. The van der Waals surface area contributed by atoms with Gasteiger partial charge in [-0.1, -0.05) is 35.3 Å². The minimum atomic E-state index is -0.921. The molecule has 0 aliphatic carbocycles. The molecule has 2 aromatic heterocycles. The van der Waals surface area contributed by atoms with E-state index in [0.717, 1.165) is 0 Å². The molecule has 0 aliphatic heterocycles. The molecule has 0 saturated carbocycles. The molecule has 0 aliphatic rings. The van der Waals surface area contributed by atoms with Gasteiger partial charge in [0.2, 0.25) is 0 Å². The number of furan rings is 1. The minimum Gasteiger partial charge on any atom is -0.467 e. The number of hydrazone groups is 1. The molecule has 28 heavy (non-hydrogen) atoms. The number of para-hydroxylation sites is 1. The lowest BCUT2D eigenvalue weighted by Crippen LogP contribution is -2.37. The lowest BCUT2D eigenvalue weighted by atomic mass is 10.3. The largest absolute Gasteiger partial charge is 0.467 e. The van der Waals surface area contributed by atoms with Crippen molar-refractivity contribution in [2.24, 2.45) is 5.10 Å². The minimum absolute atomic E-state index is 0.0957. The fourth-order valence-electron chi connectivity index (χ4n) is 2.31. The molecule has 8 nitrogen and oxygen atoms in total. The number of rotatable bonds is 5. The van der Waals surface area contributed by atoms with Gasteiger partial charge in [0.15, 0.2) is 0 Å². The van der Waals surface area contributed by atoms with Crippen LogP contribution in [0.4, 0.5) is 0 Å². The van der Waals surface area contributed by atoms with Crippen molar-refractivity contribution in [2.75, 3.05) is 0 Å². The molecule has 0 saturated heterocycles. The van der Waals surface area contributed by atoms with Gasteiger partial charge in [0.1, 0.15) is 10.9 Å². The Kier molecular flexibility index (Phi) is 6.13. The first-order valence-corrected chi connectivity index (χ1v) is 8.86. The third-order valence-corrected chi connectivity index (χ3v) is 4.38. The highest BCUT2D eigenvalue weighted by Gasteiger charge is 2.16. The zero-order chi connectivity index (χ0) is 20.1. The van der Waals surface area contributed by atoms with Crippen molar-refractivity contribution < 1.29 is 14.0 Å². The zero-order valence-electron chi connectivity index (χ0n) is 14.6. The van der Waals surface area contributed by atoms with Crippen LogP contribution in [0.3, 0.4) is 0 Å². The van der Waals surface area contributed by atoms with Crippen molar-refractivity contribution in [1.82, 2.24) is 20.5 Å². The van der Waals surface area contributed by atoms with E-state index in [1.54, 1.807) is 37.3 Å². The van der Waals surface area contributed by atoms with Crippen molar-refractivity contribution in [3.05, 3.63) is 69.9 Å². The average Bonchev–Trinajstić information content (AvgIpc) is 3.29. The first kappa shape index (κ1) is 19.7. The SMILES string of the molecule is Cc1nn(-c2ccccc2Cl)c(Cl)c1/C=N/NC(=O)C(=O)NCc1ccco1. The van der Waals surface area contributed by atoms with Crippen LogP contribution in [0.2, 0.25) is 10.2 Å². The molecule has 0 radical (unpaired) electrons. The van der Waals surface area contributed by atoms with Gasteiger partial charge in [-0.15, -0.1) is 0 Å². The molecule has 0 unspecified atom stereocenters. The van der Waals surface area contributed by atoms with Crippen LogP contribution in [0.15, 0.2) is 52.2 Å². The maximum absolute atomic E-state index is 11.8. The summed E-state index contributed by atoms with van der Waals surface area (Å²) in [5, 5.41) is 11.3. The van der Waals surface area contributed by atoms with Crippen LogP contribution < -0.4 is 10.7 Å². The van der Waals surface area contributed by atoms with Crippen LogP contribution in [0.5, 0.6) is 0 Å². The van der Waals surface area contributed by atoms with E-state index in [2.05, 4.69) is 20.9 Å². The van der Waals surface area contributed by atoms with Crippen molar-refractivity contribution >= 4 is 41.2 Å². The van der Waals surface area contributed by atoms with E-state index >= 15 is 0 Å². The number of aromatic nitrogens is 2. The third kappa shape index (κ3) is 4.41. The Morgan fingerprint density at radius 3 is 2.71 bits per heavy atom. The standard InChI is InChI=1S/C18H15Cl2N5O3/c1-11-13(16(20)25(24-11)15-7-3-2-6-14(15)19)10-22-23-18(27)17(26)21-9-12-5-4-8-28-12/h2-8,10H,9H2,1H3,(H,21,26)(H,23,27)/b22-10+. The number of hydrogen-bond acceptors (Lipinski definition) is 5. The molecule has 0 spiro atoms. The van der Waals surface area contributed by atoms with Gasteiger partial charge >= 0.3 is 11.8 Å². The molecule has 0 bridgehead atoms. The average molecular weight is 420 g/mol. The highest BCUT2D eigenvalue weighted by Crippen LogP contribution is 2.26. The number of amides is 2. The van der Waals surface area contributed by atoms with Crippen LogP contribution in [0.1, 0.15) is 17.0 Å². The zero-order valence-corrected chi connectivity index (χ0v) is 16.2. The first-order valence-electron chi connectivity index (χ1n) is 8.11. The quantitative estimate of drug-likeness (QED) is 0.377. The lowest BCUT2D eigenvalue weighted by Gasteiger charge is -2.05. The maximum atomic E-state index is 11.8. The van der Waals surface area contributed by atoms with Crippen molar-refractivity contribution in [3.8, 4) is 5.69 Å². The fraction of sp³-hybridized carbons (Fsp3) is 0.111. The van der Waals surface area contributed by atoms with E-state index in [1.165, 1.54) is 17.2 Å². The number of carbonyl (C=O) groups excluding carboxylic acids is 2. The first-order chi connectivity index (χ1) is 13.5. The number of nitrogens with one attached hydrogen (secondary N) is 2. The van der Waals surface area contributed by atoms with Gasteiger partial charge in [-0.05, 0) is 31.2 Å². The van der Waals surface area contributed by atoms with Crippen LogP contribution in [-0.2, 0) is 16.1 Å². The van der Waals surface area contributed by atoms with Gasteiger partial charge in [-0.2, -0.15) is 10.2 Å². The number of carbonyl (C=O) groups is 2. The predicted molar refractivity (Wildman–Crippen MR) is 105 cm³/mol. The Bertz CT molecular complexity index is 1030. The van der Waals surface area contributed by atoms with Gasteiger partial charge < -0.3 is 9.73 Å². The molecule has 10 heteroatoms. The Morgan fingerprint density at radius 1 is 1.21 bits per heavy atom. The molecule has 1 aromatic carbocycles.